The predicted molar refractivity (Wildman–Crippen MR) is 100 cm³/mol. The van der Waals surface area contributed by atoms with Gasteiger partial charge in [0.2, 0.25) is 0 Å². The number of carbonyl (C=O) groups excluding carboxylic acids is 2. The van der Waals surface area contributed by atoms with E-state index in [1.54, 1.807) is 18.2 Å². The van der Waals surface area contributed by atoms with Crippen LogP contribution in [0.2, 0.25) is 5.02 Å². The van der Waals surface area contributed by atoms with Gasteiger partial charge in [0.25, 0.3) is 11.8 Å². The number of aliphatic imine (C=N–C) groups is 1. The van der Waals surface area contributed by atoms with Crippen LogP contribution in [0.1, 0.15) is 28.8 Å². The summed E-state index contributed by atoms with van der Waals surface area (Å²) in [6.07, 6.45) is 1.20. The number of halogens is 1. The Morgan fingerprint density at radius 2 is 1.81 bits per heavy atom. The van der Waals surface area contributed by atoms with Crippen molar-refractivity contribution in [2.75, 3.05) is 13.1 Å². The third-order valence-electron chi connectivity index (χ3n) is 4.88. The molecule has 0 aliphatic carbocycles. The van der Waals surface area contributed by atoms with Gasteiger partial charge in [0, 0.05) is 42.1 Å². The standard InChI is InChI=1S/C20H18ClN3O2/c21-16-8-4-7-15(13-16)17-18(25)23-20(22-17)9-11-24(12-10-20)19(26)14-5-2-1-3-6-14/h1-8,13H,9-12H2,(H,23,25). The van der Waals surface area contributed by atoms with Crippen molar-refractivity contribution in [2.24, 2.45) is 4.99 Å². The average Bonchev–Trinajstić information content (AvgIpc) is 2.98. The number of hydrogen-bond donors (Lipinski definition) is 1. The van der Waals surface area contributed by atoms with Crippen LogP contribution in [-0.2, 0) is 4.79 Å². The molecular weight excluding hydrogens is 350 g/mol. The highest BCUT2D eigenvalue weighted by Gasteiger charge is 2.42. The maximum absolute atomic E-state index is 12.6. The molecule has 0 aromatic heterocycles. The molecule has 26 heavy (non-hydrogen) atoms. The van der Waals surface area contributed by atoms with Gasteiger partial charge >= 0.3 is 0 Å². The van der Waals surface area contributed by atoms with Gasteiger partial charge in [-0.05, 0) is 24.3 Å². The van der Waals surface area contributed by atoms with Crippen LogP contribution in [0, 0.1) is 0 Å². The van der Waals surface area contributed by atoms with E-state index in [0.29, 0.717) is 42.2 Å². The first kappa shape index (κ1) is 16.8. The minimum Gasteiger partial charge on any atom is -0.338 e. The summed E-state index contributed by atoms with van der Waals surface area (Å²) in [6, 6.07) is 16.4. The van der Waals surface area contributed by atoms with Crippen LogP contribution in [-0.4, -0.2) is 41.2 Å². The van der Waals surface area contributed by atoms with Crippen molar-refractivity contribution in [3.8, 4) is 0 Å². The second-order valence-corrected chi connectivity index (χ2v) is 7.05. The SMILES string of the molecule is O=C1NC2(CCN(C(=O)c3ccccc3)CC2)N=C1c1cccc(Cl)c1. The highest BCUT2D eigenvalue weighted by atomic mass is 35.5. The van der Waals surface area contributed by atoms with E-state index in [2.05, 4.69) is 5.32 Å². The third-order valence-corrected chi connectivity index (χ3v) is 5.12. The highest BCUT2D eigenvalue weighted by Crippen LogP contribution is 2.29. The molecule has 2 amide bonds. The molecule has 1 saturated heterocycles. The summed E-state index contributed by atoms with van der Waals surface area (Å²) in [7, 11) is 0. The molecule has 1 fully saturated rings. The molecule has 2 aromatic rings. The number of amides is 2. The average molecular weight is 368 g/mol. The maximum Gasteiger partial charge on any atom is 0.272 e. The number of likely N-dealkylation sites (tertiary alicyclic amines) is 1. The summed E-state index contributed by atoms with van der Waals surface area (Å²) < 4.78 is 0. The Morgan fingerprint density at radius 1 is 1.08 bits per heavy atom. The lowest BCUT2D eigenvalue weighted by molar-refractivity contribution is -0.115. The highest BCUT2D eigenvalue weighted by molar-refractivity contribution is 6.47. The summed E-state index contributed by atoms with van der Waals surface area (Å²) >= 11 is 6.03. The number of nitrogens with zero attached hydrogens (tertiary/aromatic N) is 2. The third kappa shape index (κ3) is 3.10. The van der Waals surface area contributed by atoms with Crippen LogP contribution in [0.5, 0.6) is 0 Å². The molecule has 2 aliphatic heterocycles. The van der Waals surface area contributed by atoms with Gasteiger partial charge in [-0.2, -0.15) is 0 Å². The zero-order valence-electron chi connectivity index (χ0n) is 14.1. The van der Waals surface area contributed by atoms with E-state index in [0.717, 1.165) is 5.56 Å². The van der Waals surface area contributed by atoms with Crippen molar-refractivity contribution in [3.05, 3.63) is 70.7 Å². The molecule has 2 heterocycles. The fourth-order valence-electron chi connectivity index (χ4n) is 3.47. The molecule has 0 bridgehead atoms. The lowest BCUT2D eigenvalue weighted by Gasteiger charge is -2.37. The Bertz CT molecular complexity index is 887. The monoisotopic (exact) mass is 367 g/mol. The summed E-state index contributed by atoms with van der Waals surface area (Å²) in [5.74, 6) is -0.168. The van der Waals surface area contributed by atoms with E-state index < -0.39 is 5.66 Å². The van der Waals surface area contributed by atoms with Crippen molar-refractivity contribution in [1.82, 2.24) is 10.2 Å². The lowest BCUT2D eigenvalue weighted by Crippen LogP contribution is -2.52. The molecule has 0 radical (unpaired) electrons. The normalized spacial score (nSPS) is 18.6. The minimum absolute atomic E-state index is 0.0174. The lowest BCUT2D eigenvalue weighted by atomic mass is 9.97. The summed E-state index contributed by atoms with van der Waals surface area (Å²) in [5, 5.41) is 3.58. The Hall–Kier alpha value is -2.66. The number of hydrogen-bond acceptors (Lipinski definition) is 3. The zero-order chi connectivity index (χ0) is 18.1. The van der Waals surface area contributed by atoms with Gasteiger partial charge in [-0.15, -0.1) is 0 Å². The van der Waals surface area contributed by atoms with Crippen LogP contribution in [0.4, 0.5) is 0 Å². The minimum atomic E-state index is -0.623. The molecule has 5 nitrogen and oxygen atoms in total. The van der Waals surface area contributed by atoms with E-state index in [1.807, 2.05) is 41.3 Å². The number of rotatable bonds is 2. The van der Waals surface area contributed by atoms with E-state index in [4.69, 9.17) is 16.6 Å². The second-order valence-electron chi connectivity index (χ2n) is 6.61. The topological polar surface area (TPSA) is 61.8 Å². The molecule has 132 valence electrons. The van der Waals surface area contributed by atoms with Gasteiger partial charge in [-0.3, -0.25) is 14.6 Å². The molecule has 0 saturated carbocycles. The van der Waals surface area contributed by atoms with E-state index >= 15 is 0 Å². The van der Waals surface area contributed by atoms with Crippen molar-refractivity contribution in [2.45, 2.75) is 18.5 Å². The Kier molecular flexibility index (Phi) is 4.24. The molecule has 0 atom stereocenters. The quantitative estimate of drug-likeness (QED) is 0.887. The van der Waals surface area contributed by atoms with E-state index in [9.17, 15) is 9.59 Å². The Balaban J connectivity index is 1.50. The molecule has 4 rings (SSSR count). The Morgan fingerprint density at radius 3 is 2.50 bits per heavy atom. The Labute approximate surface area is 156 Å². The second kappa shape index (κ2) is 6.57. The van der Waals surface area contributed by atoms with Crippen LogP contribution < -0.4 is 5.32 Å². The van der Waals surface area contributed by atoms with Gasteiger partial charge < -0.3 is 10.2 Å². The fourth-order valence-corrected chi connectivity index (χ4v) is 3.66. The summed E-state index contributed by atoms with van der Waals surface area (Å²) in [4.78, 5) is 31.5. The number of piperidine rings is 1. The molecule has 2 aromatic carbocycles. The van der Waals surface area contributed by atoms with Crippen molar-refractivity contribution in [3.63, 3.8) is 0 Å². The van der Waals surface area contributed by atoms with E-state index in [1.165, 1.54) is 0 Å². The molecule has 1 spiro atoms. The first-order chi connectivity index (χ1) is 12.6. The van der Waals surface area contributed by atoms with Crippen LogP contribution in [0.3, 0.4) is 0 Å². The van der Waals surface area contributed by atoms with E-state index in [-0.39, 0.29) is 11.8 Å². The first-order valence-electron chi connectivity index (χ1n) is 8.59. The first-order valence-corrected chi connectivity index (χ1v) is 8.97. The smallest absolute Gasteiger partial charge is 0.272 e. The van der Waals surface area contributed by atoms with Crippen molar-refractivity contribution in [1.29, 1.82) is 0 Å². The zero-order valence-corrected chi connectivity index (χ0v) is 14.9. The van der Waals surface area contributed by atoms with Crippen molar-refractivity contribution < 1.29 is 9.59 Å². The fraction of sp³-hybridized carbons (Fsp3) is 0.250. The number of carbonyl (C=O) groups is 2. The van der Waals surface area contributed by atoms with Gasteiger partial charge in [-0.25, -0.2) is 0 Å². The van der Waals surface area contributed by atoms with Crippen LogP contribution >= 0.6 is 11.6 Å². The summed E-state index contributed by atoms with van der Waals surface area (Å²) in [5.41, 5.74) is 1.19. The van der Waals surface area contributed by atoms with Gasteiger partial charge in [0.1, 0.15) is 11.4 Å². The van der Waals surface area contributed by atoms with Crippen LogP contribution in [0.15, 0.2) is 59.6 Å². The number of nitrogens with one attached hydrogen (secondary N) is 1. The van der Waals surface area contributed by atoms with Crippen molar-refractivity contribution >= 4 is 29.1 Å². The van der Waals surface area contributed by atoms with Crippen LogP contribution in [0.25, 0.3) is 0 Å². The number of benzene rings is 2. The van der Waals surface area contributed by atoms with Gasteiger partial charge in [0.05, 0.1) is 0 Å². The van der Waals surface area contributed by atoms with Gasteiger partial charge in [0.15, 0.2) is 0 Å². The molecule has 1 N–H and O–H groups in total. The maximum atomic E-state index is 12.6. The largest absolute Gasteiger partial charge is 0.338 e. The molecular formula is C20H18ClN3O2. The molecule has 2 aliphatic rings. The molecule has 6 heteroatoms. The summed E-state index contributed by atoms with van der Waals surface area (Å²) in [6.45, 7) is 1.11. The van der Waals surface area contributed by atoms with Gasteiger partial charge in [-0.1, -0.05) is 41.9 Å². The molecule has 0 unspecified atom stereocenters. The predicted octanol–water partition coefficient (Wildman–Crippen LogP) is 2.89.